The molecule has 0 aliphatic carbocycles. The van der Waals surface area contributed by atoms with E-state index in [9.17, 15) is 4.79 Å². The van der Waals surface area contributed by atoms with Gasteiger partial charge >= 0.3 is 0 Å². The summed E-state index contributed by atoms with van der Waals surface area (Å²) in [7, 11) is 4.67. The molecule has 0 saturated heterocycles. The molecule has 5 aromatic rings. The van der Waals surface area contributed by atoms with Gasteiger partial charge in [-0.25, -0.2) is 9.97 Å². The summed E-state index contributed by atoms with van der Waals surface area (Å²) in [5.41, 5.74) is 10.1. The Kier molecular flexibility index (Phi) is 8.21. The Morgan fingerprint density at radius 2 is 1.75 bits per heavy atom. The van der Waals surface area contributed by atoms with Gasteiger partial charge in [-0.1, -0.05) is 29.5 Å². The summed E-state index contributed by atoms with van der Waals surface area (Å²) in [4.78, 5) is 22.7. The average molecular weight is 630 g/mol. The number of hydrogen-bond donors (Lipinski definition) is 3. The number of fused-ring (bicyclic) bond motifs is 1. The lowest BCUT2D eigenvalue weighted by atomic mass is 10.1. The fraction of sp³-hybridized carbons (Fsp3) is 0.129. The van der Waals surface area contributed by atoms with Crippen LogP contribution in [0.25, 0.3) is 27.2 Å². The molecule has 1 amide bonds. The van der Waals surface area contributed by atoms with Crippen molar-refractivity contribution in [3.05, 3.63) is 71.6 Å². The van der Waals surface area contributed by atoms with Gasteiger partial charge in [0.1, 0.15) is 15.7 Å². The molecule has 13 heteroatoms. The number of hydrogen-bond acceptors (Lipinski definition) is 12. The number of aromatic nitrogens is 2. The highest BCUT2D eigenvalue weighted by atomic mass is 32.1. The quantitative estimate of drug-likeness (QED) is 0.144. The second-order valence-electron chi connectivity index (χ2n) is 9.33. The maximum atomic E-state index is 12.6. The maximum absolute atomic E-state index is 12.6. The zero-order valence-corrected chi connectivity index (χ0v) is 25.5. The molecule has 44 heavy (non-hydrogen) atoms. The third-order valence-corrected chi connectivity index (χ3v) is 8.50. The molecule has 11 nitrogen and oxygen atoms in total. The number of anilines is 4. The molecule has 224 valence electrons. The minimum atomic E-state index is -0.261. The van der Waals surface area contributed by atoms with Crippen LogP contribution in [0.1, 0.15) is 5.56 Å². The predicted octanol–water partition coefficient (Wildman–Crippen LogP) is 6.67. The molecule has 6 rings (SSSR count). The van der Waals surface area contributed by atoms with Gasteiger partial charge in [-0.15, -0.1) is 11.3 Å². The summed E-state index contributed by atoms with van der Waals surface area (Å²) in [6, 6.07) is 16.6. The van der Waals surface area contributed by atoms with E-state index < -0.39 is 0 Å². The van der Waals surface area contributed by atoms with Gasteiger partial charge in [0.25, 0.3) is 0 Å². The van der Waals surface area contributed by atoms with Gasteiger partial charge in [0.2, 0.25) is 18.4 Å². The van der Waals surface area contributed by atoms with Crippen molar-refractivity contribution < 1.29 is 28.5 Å². The fourth-order valence-electron chi connectivity index (χ4n) is 4.45. The van der Waals surface area contributed by atoms with Gasteiger partial charge < -0.3 is 40.1 Å². The maximum Gasteiger partial charge on any atom is 0.248 e. The van der Waals surface area contributed by atoms with Gasteiger partial charge in [0.15, 0.2) is 28.1 Å². The lowest BCUT2D eigenvalue weighted by Gasteiger charge is -2.14. The zero-order chi connectivity index (χ0) is 30.6. The predicted molar refractivity (Wildman–Crippen MR) is 173 cm³/mol. The Morgan fingerprint density at radius 3 is 2.52 bits per heavy atom. The lowest BCUT2D eigenvalue weighted by molar-refractivity contribution is -0.111. The summed E-state index contributed by atoms with van der Waals surface area (Å²) < 4.78 is 27.0. The molecule has 1 aliphatic rings. The van der Waals surface area contributed by atoms with Crippen molar-refractivity contribution in [1.82, 2.24) is 9.97 Å². The Labute approximate surface area is 260 Å². The van der Waals surface area contributed by atoms with Crippen molar-refractivity contribution in [2.24, 2.45) is 0 Å². The lowest BCUT2D eigenvalue weighted by Crippen LogP contribution is -2.07. The van der Waals surface area contributed by atoms with Crippen LogP contribution in [-0.4, -0.2) is 44.0 Å². The Bertz CT molecular complexity index is 1840. The number of nitrogens with two attached hydrogens (primary N) is 1. The second kappa shape index (κ2) is 12.5. The molecular weight excluding hydrogens is 603 g/mol. The van der Waals surface area contributed by atoms with Gasteiger partial charge in [0, 0.05) is 40.5 Å². The molecule has 0 spiro atoms. The minimum Gasteiger partial charge on any atom is -0.493 e. The number of carbonyl (C=O) groups is 1. The molecular formula is C31H27N5O6S2. The van der Waals surface area contributed by atoms with E-state index in [1.54, 1.807) is 39.5 Å². The van der Waals surface area contributed by atoms with Gasteiger partial charge in [-0.05, 0) is 35.9 Å². The number of carbonyl (C=O) groups excluding carboxylic acids is 1. The molecule has 0 unspecified atom stereocenters. The Balaban J connectivity index is 1.15. The van der Waals surface area contributed by atoms with Gasteiger partial charge in [0.05, 0.1) is 27.0 Å². The topological polar surface area (TPSA) is 139 Å². The smallest absolute Gasteiger partial charge is 0.248 e. The molecule has 3 aromatic carbocycles. The van der Waals surface area contributed by atoms with Crippen molar-refractivity contribution in [2.75, 3.05) is 44.5 Å². The monoisotopic (exact) mass is 629 g/mol. The number of amides is 1. The van der Waals surface area contributed by atoms with E-state index in [0.717, 1.165) is 26.7 Å². The first-order valence-corrected chi connectivity index (χ1v) is 14.9. The SMILES string of the molecule is COc1cc(Nc2nc(N)c(-c3nc(-c4cccc(NC(=O)/C=C/c5ccc6c(c5)OCO6)c4)cs3)s2)cc(OC)c1OC. The molecule has 2 aromatic heterocycles. The van der Waals surface area contributed by atoms with E-state index in [4.69, 9.17) is 34.4 Å². The van der Waals surface area contributed by atoms with Crippen molar-refractivity contribution in [3.8, 4) is 49.9 Å². The number of nitrogens with zero attached hydrogens (tertiary/aromatic N) is 2. The van der Waals surface area contributed by atoms with Crippen LogP contribution < -0.4 is 40.1 Å². The van der Waals surface area contributed by atoms with Gasteiger partial charge in [-0.2, -0.15) is 0 Å². The largest absolute Gasteiger partial charge is 0.493 e. The van der Waals surface area contributed by atoms with Crippen molar-refractivity contribution in [3.63, 3.8) is 0 Å². The highest BCUT2D eigenvalue weighted by molar-refractivity contribution is 7.23. The summed E-state index contributed by atoms with van der Waals surface area (Å²) in [6.45, 7) is 0.201. The fourth-order valence-corrected chi connectivity index (χ4v) is 6.29. The molecule has 0 bridgehead atoms. The van der Waals surface area contributed by atoms with Crippen LogP contribution in [0.2, 0.25) is 0 Å². The van der Waals surface area contributed by atoms with E-state index in [2.05, 4.69) is 15.6 Å². The molecule has 0 saturated carbocycles. The second-order valence-corrected chi connectivity index (χ2v) is 11.2. The summed E-state index contributed by atoms with van der Waals surface area (Å²) >= 11 is 2.84. The van der Waals surface area contributed by atoms with Crippen LogP contribution in [0.4, 0.5) is 22.3 Å². The Morgan fingerprint density at radius 1 is 0.955 bits per heavy atom. The van der Waals surface area contributed by atoms with Crippen LogP contribution in [0.5, 0.6) is 28.7 Å². The molecule has 4 N–H and O–H groups in total. The Hall–Kier alpha value is -5.27. The van der Waals surface area contributed by atoms with Crippen molar-refractivity contribution >= 4 is 57.0 Å². The molecule has 3 heterocycles. The number of methoxy groups -OCH3 is 3. The summed E-state index contributed by atoms with van der Waals surface area (Å²) in [5, 5.41) is 9.43. The summed E-state index contributed by atoms with van der Waals surface area (Å²) in [5.74, 6) is 2.99. The minimum absolute atomic E-state index is 0.201. The molecule has 0 atom stereocenters. The number of nitrogens with one attached hydrogen (secondary N) is 2. The average Bonchev–Trinajstić information content (AvgIpc) is 3.79. The normalized spacial score (nSPS) is 11.9. The third-order valence-electron chi connectivity index (χ3n) is 6.52. The van der Waals surface area contributed by atoms with Crippen LogP contribution in [-0.2, 0) is 4.79 Å². The number of ether oxygens (including phenoxy) is 5. The van der Waals surface area contributed by atoms with Crippen LogP contribution >= 0.6 is 22.7 Å². The van der Waals surface area contributed by atoms with E-state index >= 15 is 0 Å². The van der Waals surface area contributed by atoms with E-state index in [-0.39, 0.29) is 12.7 Å². The third kappa shape index (κ3) is 6.09. The highest BCUT2D eigenvalue weighted by Crippen LogP contribution is 2.43. The van der Waals surface area contributed by atoms with Crippen molar-refractivity contribution in [1.29, 1.82) is 0 Å². The zero-order valence-electron chi connectivity index (χ0n) is 23.9. The number of nitrogen functional groups attached to an aromatic ring is 1. The van der Waals surface area contributed by atoms with Gasteiger partial charge in [-0.3, -0.25) is 4.79 Å². The van der Waals surface area contributed by atoms with Crippen molar-refractivity contribution in [2.45, 2.75) is 0 Å². The molecule has 0 fully saturated rings. The first-order valence-electron chi connectivity index (χ1n) is 13.2. The first kappa shape index (κ1) is 28.8. The standard InChI is InChI=1S/C31H27N5O6S2/c1-38-24-13-20(14-25(39-2)27(24)40-3)34-31-36-29(32)28(44-31)30-35-21(15-43-30)18-5-4-6-19(12-18)33-26(37)10-8-17-7-9-22-23(11-17)42-16-41-22/h4-15H,16,32H2,1-3H3,(H,33,37)(H,34,36)/b10-8+. The van der Waals surface area contributed by atoms with E-state index in [1.807, 2.05) is 47.8 Å². The first-order chi connectivity index (χ1) is 21.4. The number of benzene rings is 3. The highest BCUT2D eigenvalue weighted by Gasteiger charge is 2.18. The van der Waals surface area contributed by atoms with Crippen LogP contribution in [0.15, 0.2) is 66.1 Å². The van der Waals surface area contributed by atoms with Crippen LogP contribution in [0.3, 0.4) is 0 Å². The number of thiazole rings is 2. The molecule has 1 aliphatic heterocycles. The van der Waals surface area contributed by atoms with Crippen LogP contribution in [0, 0.1) is 0 Å². The molecule has 0 radical (unpaired) electrons. The number of rotatable bonds is 10. The van der Waals surface area contributed by atoms with E-state index in [1.165, 1.54) is 28.7 Å². The summed E-state index contributed by atoms with van der Waals surface area (Å²) in [6.07, 6.45) is 3.19. The van der Waals surface area contributed by atoms with E-state index in [0.29, 0.717) is 51.1 Å².